The molecule has 3 N–H and O–H groups in total. The van der Waals surface area contributed by atoms with E-state index in [2.05, 4.69) is 5.32 Å². The molecule has 0 unspecified atom stereocenters. The van der Waals surface area contributed by atoms with Crippen molar-refractivity contribution in [2.75, 3.05) is 11.1 Å². The van der Waals surface area contributed by atoms with Gasteiger partial charge in [0.05, 0.1) is 11.0 Å². The molecule has 0 radical (unpaired) electrons. The van der Waals surface area contributed by atoms with Crippen LogP contribution in [0.2, 0.25) is 0 Å². The van der Waals surface area contributed by atoms with Crippen molar-refractivity contribution < 1.29 is 4.79 Å². The van der Waals surface area contributed by atoms with Crippen molar-refractivity contribution in [3.8, 4) is 5.69 Å². The lowest BCUT2D eigenvalue weighted by Crippen LogP contribution is -2.14. The fourth-order valence-corrected chi connectivity index (χ4v) is 3.55. The summed E-state index contributed by atoms with van der Waals surface area (Å²) >= 11 is 0. The Balaban J connectivity index is 1.74. The topological polar surface area (TPSA) is 85.8 Å². The van der Waals surface area contributed by atoms with E-state index < -0.39 is 0 Å². The highest BCUT2D eigenvalue weighted by Gasteiger charge is 2.24. The van der Waals surface area contributed by atoms with Crippen LogP contribution in [0.3, 0.4) is 0 Å². The molecule has 0 aliphatic rings. The van der Waals surface area contributed by atoms with Gasteiger partial charge in [-0.2, -0.15) is 0 Å². The van der Waals surface area contributed by atoms with E-state index in [1.54, 1.807) is 4.57 Å². The van der Waals surface area contributed by atoms with E-state index in [9.17, 15) is 4.79 Å². The number of nitrogens with two attached hydrogens (primary N) is 1. The summed E-state index contributed by atoms with van der Waals surface area (Å²) in [5.74, 6) is -0.0169. The second-order valence-corrected chi connectivity index (χ2v) is 7.14. The summed E-state index contributed by atoms with van der Waals surface area (Å²) in [4.78, 5) is 22.8. The van der Waals surface area contributed by atoms with Gasteiger partial charge in [-0.1, -0.05) is 48.0 Å². The molecule has 5 aromatic rings. The minimum absolute atomic E-state index is 0.302. The average Bonchev–Trinajstić information content (AvgIpc) is 3.05. The number of hydrogen-bond donors (Lipinski definition) is 2. The number of amides is 1. The van der Waals surface area contributed by atoms with Crippen molar-refractivity contribution in [1.29, 1.82) is 0 Å². The maximum Gasteiger partial charge on any atom is 0.261 e. The van der Waals surface area contributed by atoms with E-state index in [4.69, 9.17) is 15.7 Å². The normalized spacial score (nSPS) is 11.1. The number of aryl methyl sites for hydroxylation is 1. The summed E-state index contributed by atoms with van der Waals surface area (Å²) in [6.45, 7) is 2.00. The van der Waals surface area contributed by atoms with Gasteiger partial charge in [0.15, 0.2) is 5.65 Å². The lowest BCUT2D eigenvalue weighted by atomic mass is 10.2. The predicted molar refractivity (Wildman–Crippen MR) is 120 cm³/mol. The molecule has 3 aromatic carbocycles. The van der Waals surface area contributed by atoms with Gasteiger partial charge in [0, 0.05) is 11.4 Å². The third-order valence-electron chi connectivity index (χ3n) is 5.05. The van der Waals surface area contributed by atoms with Crippen LogP contribution in [0.25, 0.3) is 27.9 Å². The molecule has 0 saturated heterocycles. The van der Waals surface area contributed by atoms with Crippen molar-refractivity contribution in [3.05, 3.63) is 90.0 Å². The second kappa shape index (κ2) is 7.00. The number of hydrogen-bond acceptors (Lipinski definition) is 4. The summed E-state index contributed by atoms with van der Waals surface area (Å²) in [7, 11) is 0. The number of fused-ring (bicyclic) bond motifs is 2. The van der Waals surface area contributed by atoms with E-state index in [0.29, 0.717) is 33.7 Å². The quantitative estimate of drug-likeness (QED) is 0.465. The van der Waals surface area contributed by atoms with E-state index in [1.165, 1.54) is 0 Å². The van der Waals surface area contributed by atoms with Crippen molar-refractivity contribution in [2.24, 2.45) is 0 Å². The fraction of sp³-hybridized carbons (Fsp3) is 0.0417. The van der Waals surface area contributed by atoms with E-state index >= 15 is 0 Å². The Morgan fingerprint density at radius 3 is 2.20 bits per heavy atom. The molecular formula is C24H19N5O. The number of benzene rings is 3. The van der Waals surface area contributed by atoms with Gasteiger partial charge in [0.25, 0.3) is 5.91 Å². The minimum Gasteiger partial charge on any atom is -0.384 e. The summed E-state index contributed by atoms with van der Waals surface area (Å²) in [6.07, 6.45) is 0. The predicted octanol–water partition coefficient (Wildman–Crippen LogP) is 4.72. The summed E-state index contributed by atoms with van der Waals surface area (Å²) < 4.78 is 1.78. The Morgan fingerprint density at radius 2 is 1.50 bits per heavy atom. The third-order valence-corrected chi connectivity index (χ3v) is 5.05. The molecule has 5 rings (SSSR count). The summed E-state index contributed by atoms with van der Waals surface area (Å²) in [5, 5.41) is 2.93. The number of nitrogens with zero attached hydrogens (tertiary/aromatic N) is 3. The van der Waals surface area contributed by atoms with Crippen molar-refractivity contribution in [2.45, 2.75) is 6.92 Å². The second-order valence-electron chi connectivity index (χ2n) is 7.14. The monoisotopic (exact) mass is 393 g/mol. The maximum atomic E-state index is 13.2. The van der Waals surface area contributed by atoms with Gasteiger partial charge in [0.1, 0.15) is 16.9 Å². The number of aromatic nitrogens is 3. The molecule has 0 fully saturated rings. The molecule has 0 aliphatic heterocycles. The first kappa shape index (κ1) is 17.9. The molecular weight excluding hydrogens is 374 g/mol. The number of para-hydroxylation sites is 3. The zero-order chi connectivity index (χ0) is 20.7. The van der Waals surface area contributed by atoms with Crippen LogP contribution in [0.15, 0.2) is 78.9 Å². The summed E-state index contributed by atoms with van der Waals surface area (Å²) in [5.41, 5.74) is 11.9. The Bertz CT molecular complexity index is 1390. The number of rotatable bonds is 3. The number of anilines is 2. The SMILES string of the molecule is Cc1ccc(NC(=O)c2c(N)n(-c3ccccc3)c3nc4ccccc4nc23)cc1. The minimum atomic E-state index is -0.319. The van der Waals surface area contributed by atoms with Crippen LogP contribution >= 0.6 is 0 Å². The molecule has 2 aromatic heterocycles. The van der Waals surface area contributed by atoms with Gasteiger partial charge in [0.2, 0.25) is 0 Å². The van der Waals surface area contributed by atoms with Crippen LogP contribution < -0.4 is 11.1 Å². The zero-order valence-electron chi connectivity index (χ0n) is 16.3. The standard InChI is InChI=1S/C24H19N5O/c1-15-11-13-16(14-12-15)26-24(30)20-21-23(28-19-10-6-5-9-18(19)27-21)29(22(20)25)17-7-3-2-4-8-17/h2-14H,25H2,1H3,(H,26,30). The van der Waals surface area contributed by atoms with E-state index in [0.717, 1.165) is 16.8 Å². The zero-order valence-corrected chi connectivity index (χ0v) is 16.3. The lowest BCUT2D eigenvalue weighted by Gasteiger charge is -2.08. The van der Waals surface area contributed by atoms with Crippen molar-refractivity contribution in [1.82, 2.24) is 14.5 Å². The van der Waals surface area contributed by atoms with Gasteiger partial charge in [-0.3, -0.25) is 9.36 Å². The molecule has 0 saturated carbocycles. The Hall–Kier alpha value is -4.19. The Labute approximate surface area is 173 Å². The number of nitrogens with one attached hydrogen (secondary N) is 1. The molecule has 2 heterocycles. The van der Waals surface area contributed by atoms with Gasteiger partial charge >= 0.3 is 0 Å². The van der Waals surface area contributed by atoms with Crippen LogP contribution in [-0.2, 0) is 0 Å². The molecule has 6 heteroatoms. The molecule has 146 valence electrons. The number of carbonyl (C=O) groups excluding carboxylic acids is 1. The Morgan fingerprint density at radius 1 is 0.867 bits per heavy atom. The molecule has 30 heavy (non-hydrogen) atoms. The van der Waals surface area contributed by atoms with Crippen LogP contribution in [0, 0.1) is 6.92 Å². The molecule has 0 bridgehead atoms. The maximum absolute atomic E-state index is 13.2. The van der Waals surface area contributed by atoms with Gasteiger partial charge in [-0.15, -0.1) is 0 Å². The van der Waals surface area contributed by atoms with Crippen LogP contribution in [0.1, 0.15) is 15.9 Å². The van der Waals surface area contributed by atoms with Gasteiger partial charge in [-0.05, 0) is 43.3 Å². The largest absolute Gasteiger partial charge is 0.384 e. The number of carbonyl (C=O) groups is 1. The first-order chi connectivity index (χ1) is 14.6. The molecule has 1 amide bonds. The van der Waals surface area contributed by atoms with E-state index in [1.807, 2.05) is 85.8 Å². The smallest absolute Gasteiger partial charge is 0.261 e. The Kier molecular flexibility index (Phi) is 4.17. The fourth-order valence-electron chi connectivity index (χ4n) is 3.55. The van der Waals surface area contributed by atoms with E-state index in [-0.39, 0.29) is 5.91 Å². The molecule has 0 aliphatic carbocycles. The van der Waals surface area contributed by atoms with Gasteiger partial charge in [-0.25, -0.2) is 9.97 Å². The highest BCUT2D eigenvalue weighted by Crippen LogP contribution is 2.31. The highest BCUT2D eigenvalue weighted by atomic mass is 16.1. The van der Waals surface area contributed by atoms with Crippen LogP contribution in [0.4, 0.5) is 11.5 Å². The molecule has 6 nitrogen and oxygen atoms in total. The first-order valence-electron chi connectivity index (χ1n) is 9.62. The van der Waals surface area contributed by atoms with Crippen molar-refractivity contribution >= 4 is 39.6 Å². The average molecular weight is 393 g/mol. The van der Waals surface area contributed by atoms with Crippen LogP contribution in [0.5, 0.6) is 0 Å². The van der Waals surface area contributed by atoms with Gasteiger partial charge < -0.3 is 11.1 Å². The lowest BCUT2D eigenvalue weighted by molar-refractivity contribution is 0.102. The molecule has 0 spiro atoms. The summed E-state index contributed by atoms with van der Waals surface area (Å²) in [6, 6.07) is 24.8. The van der Waals surface area contributed by atoms with Crippen LogP contribution in [-0.4, -0.2) is 20.4 Å². The highest BCUT2D eigenvalue weighted by molar-refractivity contribution is 6.16. The van der Waals surface area contributed by atoms with Crippen molar-refractivity contribution in [3.63, 3.8) is 0 Å². The third kappa shape index (κ3) is 2.95. The first-order valence-corrected chi connectivity index (χ1v) is 9.62. The number of nitrogen functional groups attached to an aromatic ring is 1. The molecule has 0 atom stereocenters.